The fourth-order valence-electron chi connectivity index (χ4n) is 3.38. The maximum atomic E-state index is 12.7. The summed E-state index contributed by atoms with van der Waals surface area (Å²) in [5.41, 5.74) is 2.65. The minimum Gasteiger partial charge on any atom is -0.444 e. The second-order valence-electron chi connectivity index (χ2n) is 8.29. The summed E-state index contributed by atoms with van der Waals surface area (Å²) in [4.78, 5) is 24.6. The Hall–Kier alpha value is -2.84. The number of fused-ring (bicyclic) bond motifs is 1. The van der Waals surface area contributed by atoms with Crippen molar-refractivity contribution < 1.29 is 18.8 Å². The van der Waals surface area contributed by atoms with Gasteiger partial charge < -0.3 is 19.9 Å². The molecule has 0 radical (unpaired) electrons. The van der Waals surface area contributed by atoms with E-state index in [1.54, 1.807) is 12.5 Å². The molecule has 0 spiro atoms. The molecule has 0 fully saturated rings. The maximum absolute atomic E-state index is 12.7. The lowest BCUT2D eigenvalue weighted by atomic mass is 9.94. The molecule has 2 aromatic rings. The molecule has 9 nitrogen and oxygen atoms in total. The first kappa shape index (κ1) is 20.9. The number of aromatic nitrogens is 3. The Balaban J connectivity index is 1.57. The number of nitrogens with zero attached hydrogens (tertiary/aromatic N) is 3. The Labute approximate surface area is 170 Å². The van der Waals surface area contributed by atoms with Crippen LogP contribution in [-0.2, 0) is 30.7 Å². The van der Waals surface area contributed by atoms with Gasteiger partial charge in [0.15, 0.2) is 0 Å². The lowest BCUT2D eigenvalue weighted by Crippen LogP contribution is -2.37. The standard InChI is InChI=1S/C20H29N5O4/c1-5-14-12-28-24-16(14)11-21-18(26)15-10-23-25-7-6-13(8-17(15)25)9-22-19(27)29-20(2,3)4/h10,12-13H,5-9,11H2,1-4H3,(H,21,26)(H,22,27). The van der Waals surface area contributed by atoms with E-state index >= 15 is 0 Å². The summed E-state index contributed by atoms with van der Waals surface area (Å²) in [7, 11) is 0. The van der Waals surface area contributed by atoms with Crippen molar-refractivity contribution in [2.75, 3.05) is 6.54 Å². The van der Waals surface area contributed by atoms with Crippen LogP contribution in [0.1, 0.15) is 61.4 Å². The lowest BCUT2D eigenvalue weighted by Gasteiger charge is -2.25. The van der Waals surface area contributed by atoms with Gasteiger partial charge in [-0.3, -0.25) is 9.48 Å². The quantitative estimate of drug-likeness (QED) is 0.766. The highest BCUT2D eigenvalue weighted by Crippen LogP contribution is 2.23. The van der Waals surface area contributed by atoms with Gasteiger partial charge in [-0.2, -0.15) is 5.10 Å². The number of amides is 2. The van der Waals surface area contributed by atoms with E-state index in [0.717, 1.165) is 29.8 Å². The highest BCUT2D eigenvalue weighted by atomic mass is 16.6. The van der Waals surface area contributed by atoms with Crippen LogP contribution in [0.2, 0.25) is 0 Å². The summed E-state index contributed by atoms with van der Waals surface area (Å²) >= 11 is 0. The van der Waals surface area contributed by atoms with Gasteiger partial charge in [0.05, 0.1) is 24.0 Å². The van der Waals surface area contributed by atoms with Crippen LogP contribution in [0.15, 0.2) is 17.0 Å². The molecule has 2 N–H and O–H groups in total. The number of aryl methyl sites for hydroxylation is 2. The van der Waals surface area contributed by atoms with Gasteiger partial charge in [-0.05, 0) is 46.0 Å². The third-order valence-electron chi connectivity index (χ3n) is 4.88. The first-order valence-electron chi connectivity index (χ1n) is 9.98. The molecule has 2 amide bonds. The maximum Gasteiger partial charge on any atom is 0.407 e. The molecule has 158 valence electrons. The molecule has 29 heavy (non-hydrogen) atoms. The topological polar surface area (TPSA) is 111 Å². The smallest absolute Gasteiger partial charge is 0.407 e. The van der Waals surface area contributed by atoms with Crippen molar-refractivity contribution in [2.24, 2.45) is 5.92 Å². The number of carbonyl (C=O) groups excluding carboxylic acids is 2. The molecule has 9 heteroatoms. The zero-order valence-electron chi connectivity index (χ0n) is 17.4. The van der Waals surface area contributed by atoms with Crippen LogP contribution in [0, 0.1) is 5.92 Å². The largest absolute Gasteiger partial charge is 0.444 e. The second-order valence-corrected chi connectivity index (χ2v) is 8.29. The van der Waals surface area contributed by atoms with Gasteiger partial charge in [0.2, 0.25) is 0 Å². The fourth-order valence-corrected chi connectivity index (χ4v) is 3.38. The first-order chi connectivity index (χ1) is 13.8. The fraction of sp³-hybridized carbons (Fsp3) is 0.600. The third-order valence-corrected chi connectivity index (χ3v) is 4.88. The van der Waals surface area contributed by atoms with Gasteiger partial charge in [-0.25, -0.2) is 4.79 Å². The van der Waals surface area contributed by atoms with E-state index in [9.17, 15) is 9.59 Å². The molecule has 0 saturated heterocycles. The summed E-state index contributed by atoms with van der Waals surface area (Å²) in [5, 5.41) is 14.0. The highest BCUT2D eigenvalue weighted by Gasteiger charge is 2.26. The number of ether oxygens (including phenoxy) is 1. The molecule has 2 aromatic heterocycles. The third kappa shape index (κ3) is 5.36. The van der Waals surface area contributed by atoms with Gasteiger partial charge >= 0.3 is 6.09 Å². The molecule has 0 saturated carbocycles. The Kier molecular flexibility index (Phi) is 6.24. The van der Waals surface area contributed by atoms with Crippen LogP contribution >= 0.6 is 0 Å². The van der Waals surface area contributed by atoms with E-state index in [0.29, 0.717) is 31.6 Å². The molecule has 0 bridgehead atoms. The summed E-state index contributed by atoms with van der Waals surface area (Å²) < 4.78 is 12.1. The molecule has 1 atom stereocenters. The number of rotatable bonds is 6. The van der Waals surface area contributed by atoms with Gasteiger partial charge in [0.1, 0.15) is 17.6 Å². The molecule has 3 heterocycles. The summed E-state index contributed by atoms with van der Waals surface area (Å²) in [6, 6.07) is 0. The van der Waals surface area contributed by atoms with Crippen molar-refractivity contribution in [1.29, 1.82) is 0 Å². The van der Waals surface area contributed by atoms with Crippen LogP contribution in [0.25, 0.3) is 0 Å². The van der Waals surface area contributed by atoms with Crippen molar-refractivity contribution in [2.45, 2.75) is 65.6 Å². The van der Waals surface area contributed by atoms with Crippen molar-refractivity contribution in [3.05, 3.63) is 35.0 Å². The Morgan fingerprint density at radius 2 is 2.14 bits per heavy atom. The zero-order valence-corrected chi connectivity index (χ0v) is 17.4. The Bertz CT molecular complexity index is 865. The average Bonchev–Trinajstić information content (AvgIpc) is 3.29. The van der Waals surface area contributed by atoms with E-state index in [-0.39, 0.29) is 11.8 Å². The number of hydrogen-bond donors (Lipinski definition) is 2. The number of alkyl carbamates (subject to hydrolysis) is 1. The van der Waals surface area contributed by atoms with Crippen molar-refractivity contribution in [3.8, 4) is 0 Å². The van der Waals surface area contributed by atoms with Crippen LogP contribution in [-0.4, -0.2) is 39.1 Å². The van der Waals surface area contributed by atoms with E-state index in [4.69, 9.17) is 9.26 Å². The van der Waals surface area contributed by atoms with E-state index in [2.05, 4.69) is 20.9 Å². The van der Waals surface area contributed by atoms with Crippen molar-refractivity contribution in [1.82, 2.24) is 25.6 Å². The summed E-state index contributed by atoms with van der Waals surface area (Å²) in [6.07, 6.45) is 5.13. The Morgan fingerprint density at radius 1 is 1.34 bits per heavy atom. The summed E-state index contributed by atoms with van der Waals surface area (Å²) in [5.74, 6) is 0.0394. The molecule has 1 aliphatic rings. The van der Waals surface area contributed by atoms with Crippen LogP contribution in [0.5, 0.6) is 0 Å². The normalized spacial score (nSPS) is 16.2. The minimum atomic E-state index is -0.526. The van der Waals surface area contributed by atoms with Crippen molar-refractivity contribution in [3.63, 3.8) is 0 Å². The van der Waals surface area contributed by atoms with Gasteiger partial charge in [-0.1, -0.05) is 12.1 Å². The van der Waals surface area contributed by atoms with E-state index in [1.807, 2.05) is 32.4 Å². The van der Waals surface area contributed by atoms with Gasteiger partial charge in [0.25, 0.3) is 5.91 Å². The SMILES string of the molecule is CCc1conc1CNC(=O)c1cnn2c1CC(CNC(=O)OC(C)(C)C)CC2. The van der Waals surface area contributed by atoms with Gasteiger partial charge in [-0.15, -0.1) is 0 Å². The van der Waals surface area contributed by atoms with Gasteiger partial charge in [0, 0.05) is 18.7 Å². The monoisotopic (exact) mass is 403 g/mol. The number of hydrogen-bond acceptors (Lipinski definition) is 6. The average molecular weight is 403 g/mol. The molecule has 0 aliphatic carbocycles. The van der Waals surface area contributed by atoms with Crippen LogP contribution < -0.4 is 10.6 Å². The molecule has 0 aromatic carbocycles. The van der Waals surface area contributed by atoms with Crippen LogP contribution in [0.4, 0.5) is 4.79 Å². The Morgan fingerprint density at radius 3 is 2.86 bits per heavy atom. The first-order valence-corrected chi connectivity index (χ1v) is 9.98. The van der Waals surface area contributed by atoms with Crippen molar-refractivity contribution >= 4 is 12.0 Å². The highest BCUT2D eigenvalue weighted by molar-refractivity contribution is 5.95. The summed E-state index contributed by atoms with van der Waals surface area (Å²) in [6.45, 7) is 9.04. The molecular formula is C20H29N5O4. The number of carbonyl (C=O) groups is 2. The molecular weight excluding hydrogens is 374 g/mol. The number of nitrogens with one attached hydrogen (secondary N) is 2. The molecule has 3 rings (SSSR count). The molecule has 1 aliphatic heterocycles. The molecule has 1 unspecified atom stereocenters. The van der Waals surface area contributed by atoms with E-state index in [1.165, 1.54) is 0 Å². The van der Waals surface area contributed by atoms with E-state index < -0.39 is 11.7 Å². The predicted molar refractivity (Wildman–Crippen MR) is 105 cm³/mol. The second kappa shape index (κ2) is 8.67. The van der Waals surface area contributed by atoms with Crippen LogP contribution in [0.3, 0.4) is 0 Å². The lowest BCUT2D eigenvalue weighted by molar-refractivity contribution is 0.0516. The predicted octanol–water partition coefficient (Wildman–Crippen LogP) is 2.45. The zero-order chi connectivity index (χ0) is 21.0. The minimum absolute atomic E-state index is 0.183.